The van der Waals surface area contributed by atoms with Crippen molar-refractivity contribution >= 4 is 22.5 Å². The minimum absolute atomic E-state index is 0.268. The van der Waals surface area contributed by atoms with Gasteiger partial charge in [-0.15, -0.1) is 0 Å². The molecule has 0 radical (unpaired) electrons. The van der Waals surface area contributed by atoms with E-state index in [2.05, 4.69) is 15.2 Å². The number of hydrogen-bond donors (Lipinski definition) is 1. The highest BCUT2D eigenvalue weighted by atomic mass is 35.5. The third kappa shape index (κ3) is 2.43. The number of aromatic nitrogens is 4. The van der Waals surface area contributed by atoms with E-state index in [0.717, 1.165) is 17.7 Å². The van der Waals surface area contributed by atoms with Crippen molar-refractivity contribution in [1.29, 1.82) is 0 Å². The largest absolute Gasteiger partial charge is 0.434 e. The van der Waals surface area contributed by atoms with Crippen molar-refractivity contribution in [2.24, 2.45) is 0 Å². The topological polar surface area (TPSA) is 46.5 Å². The van der Waals surface area contributed by atoms with Crippen molar-refractivity contribution in [1.82, 2.24) is 19.7 Å². The molecule has 0 aliphatic heterocycles. The first-order chi connectivity index (χ1) is 10.3. The second kappa shape index (κ2) is 4.98. The summed E-state index contributed by atoms with van der Waals surface area (Å²) in [4.78, 5) is 3.35. The summed E-state index contributed by atoms with van der Waals surface area (Å²) in [6.07, 6.45) is -4.10. The summed E-state index contributed by atoms with van der Waals surface area (Å²) < 4.78 is 53.1. The molecule has 0 spiro atoms. The summed E-state index contributed by atoms with van der Waals surface area (Å²) in [5.74, 6) is -0.341. The summed E-state index contributed by atoms with van der Waals surface area (Å²) in [7, 11) is 0. The van der Waals surface area contributed by atoms with E-state index in [9.17, 15) is 17.6 Å². The molecule has 0 bridgehead atoms. The molecular formula is C13H9ClF4N4. The molecule has 0 saturated carbocycles. The number of benzene rings is 1. The smallest absolute Gasteiger partial charge is 0.301 e. The van der Waals surface area contributed by atoms with Gasteiger partial charge in [0.2, 0.25) is 0 Å². The van der Waals surface area contributed by atoms with Crippen molar-refractivity contribution in [3.05, 3.63) is 41.1 Å². The molecule has 22 heavy (non-hydrogen) atoms. The minimum atomic E-state index is -4.65. The van der Waals surface area contributed by atoms with Crippen molar-refractivity contribution in [2.75, 3.05) is 0 Å². The van der Waals surface area contributed by atoms with Crippen LogP contribution in [0.2, 0.25) is 5.02 Å². The Morgan fingerprint density at radius 2 is 2.05 bits per heavy atom. The van der Waals surface area contributed by atoms with Crippen LogP contribution >= 0.6 is 11.6 Å². The summed E-state index contributed by atoms with van der Waals surface area (Å²) in [6, 6.07) is 2.98. The lowest BCUT2D eigenvalue weighted by Gasteiger charge is -2.09. The first-order valence-electron chi connectivity index (χ1n) is 6.21. The number of hydrogen-bond acceptors (Lipinski definition) is 2. The van der Waals surface area contributed by atoms with Gasteiger partial charge in [-0.25, -0.2) is 9.37 Å². The molecule has 0 amide bonds. The average molecular weight is 333 g/mol. The lowest BCUT2D eigenvalue weighted by molar-refractivity contribution is -0.141. The Morgan fingerprint density at radius 1 is 1.32 bits per heavy atom. The van der Waals surface area contributed by atoms with E-state index in [1.54, 1.807) is 6.07 Å². The van der Waals surface area contributed by atoms with Crippen LogP contribution in [0.3, 0.4) is 0 Å². The van der Waals surface area contributed by atoms with Gasteiger partial charge in [0.05, 0.1) is 16.7 Å². The van der Waals surface area contributed by atoms with E-state index in [1.807, 2.05) is 0 Å². The SMILES string of the molecule is C[C@@H](F)c1nc(C(F)(F)F)cn1-c1cc(Cl)c2[nH]ncc2c1. The van der Waals surface area contributed by atoms with Crippen LogP contribution < -0.4 is 0 Å². The molecule has 1 N–H and O–H groups in total. The van der Waals surface area contributed by atoms with Crippen molar-refractivity contribution in [3.63, 3.8) is 0 Å². The van der Waals surface area contributed by atoms with Crippen LogP contribution in [0.5, 0.6) is 0 Å². The predicted octanol–water partition coefficient (Wildman–Crippen LogP) is 4.45. The van der Waals surface area contributed by atoms with E-state index in [4.69, 9.17) is 11.6 Å². The standard InChI is InChI=1S/C13H9ClF4N4/c1-6(15)12-20-10(13(16,17)18)5-22(12)8-2-7-4-19-21-11(7)9(14)3-8/h2-6H,1H3,(H,19,21)/t6-/m1/s1. The Labute approximate surface area is 126 Å². The fourth-order valence-corrected chi connectivity index (χ4v) is 2.42. The van der Waals surface area contributed by atoms with Gasteiger partial charge in [-0.2, -0.15) is 18.3 Å². The molecule has 9 heteroatoms. The molecule has 2 heterocycles. The zero-order chi connectivity index (χ0) is 16.1. The molecule has 0 aliphatic rings. The van der Waals surface area contributed by atoms with Crippen molar-refractivity contribution < 1.29 is 17.6 Å². The lowest BCUT2D eigenvalue weighted by atomic mass is 10.2. The normalized spacial score (nSPS) is 13.7. The molecule has 3 aromatic rings. The summed E-state index contributed by atoms with van der Waals surface area (Å²) in [5.41, 5.74) is -0.326. The first-order valence-corrected chi connectivity index (χ1v) is 6.58. The Kier molecular flexibility index (Phi) is 3.36. The van der Waals surface area contributed by atoms with Crippen LogP contribution in [0.1, 0.15) is 24.6 Å². The Balaban J connectivity index is 2.22. The Morgan fingerprint density at radius 3 is 2.68 bits per heavy atom. The number of rotatable bonds is 2. The van der Waals surface area contributed by atoms with Gasteiger partial charge >= 0.3 is 6.18 Å². The lowest BCUT2D eigenvalue weighted by Crippen LogP contribution is -2.05. The van der Waals surface area contributed by atoms with Gasteiger partial charge in [0.25, 0.3) is 0 Å². The van der Waals surface area contributed by atoms with Crippen molar-refractivity contribution in [3.8, 4) is 5.69 Å². The molecule has 4 nitrogen and oxygen atoms in total. The zero-order valence-corrected chi connectivity index (χ0v) is 11.9. The third-order valence-electron chi connectivity index (χ3n) is 3.14. The maximum Gasteiger partial charge on any atom is 0.434 e. The van der Waals surface area contributed by atoms with Gasteiger partial charge in [-0.3, -0.25) is 5.10 Å². The van der Waals surface area contributed by atoms with Crippen LogP contribution in [0.4, 0.5) is 17.6 Å². The molecule has 0 fully saturated rings. The molecule has 116 valence electrons. The number of halogens is 5. The van der Waals surface area contributed by atoms with Gasteiger partial charge in [-0.05, 0) is 19.1 Å². The van der Waals surface area contributed by atoms with Crippen LogP contribution in [-0.4, -0.2) is 19.7 Å². The maximum atomic E-state index is 13.6. The molecule has 0 aliphatic carbocycles. The van der Waals surface area contributed by atoms with Gasteiger partial charge < -0.3 is 4.57 Å². The van der Waals surface area contributed by atoms with E-state index in [-0.39, 0.29) is 16.5 Å². The quantitative estimate of drug-likeness (QED) is 0.705. The second-order valence-corrected chi connectivity index (χ2v) is 5.14. The highest BCUT2D eigenvalue weighted by molar-refractivity contribution is 6.35. The molecular weight excluding hydrogens is 324 g/mol. The average Bonchev–Trinajstić information content (AvgIpc) is 3.04. The van der Waals surface area contributed by atoms with Crippen LogP contribution in [0.25, 0.3) is 16.6 Å². The highest BCUT2D eigenvalue weighted by Crippen LogP contribution is 2.33. The number of aromatic amines is 1. The Hall–Kier alpha value is -2.09. The van der Waals surface area contributed by atoms with Gasteiger partial charge in [0.15, 0.2) is 11.9 Å². The third-order valence-corrected chi connectivity index (χ3v) is 3.44. The molecule has 1 atom stereocenters. The predicted molar refractivity (Wildman–Crippen MR) is 72.8 cm³/mol. The minimum Gasteiger partial charge on any atom is -0.301 e. The van der Waals surface area contributed by atoms with E-state index in [1.165, 1.54) is 12.3 Å². The molecule has 0 unspecified atom stereocenters. The first kappa shape index (κ1) is 14.8. The number of fused-ring (bicyclic) bond motifs is 1. The zero-order valence-electron chi connectivity index (χ0n) is 11.1. The van der Waals surface area contributed by atoms with Gasteiger partial charge in [0.1, 0.15) is 5.82 Å². The van der Waals surface area contributed by atoms with Crippen LogP contribution in [-0.2, 0) is 6.18 Å². The Bertz CT molecular complexity index is 834. The molecule has 2 aromatic heterocycles. The molecule has 3 rings (SSSR count). The number of alkyl halides is 4. The summed E-state index contributed by atoms with van der Waals surface area (Å²) >= 11 is 6.06. The van der Waals surface area contributed by atoms with Gasteiger partial charge in [0, 0.05) is 17.3 Å². The molecule has 0 saturated heterocycles. The van der Waals surface area contributed by atoms with E-state index in [0.29, 0.717) is 10.9 Å². The molecule has 1 aromatic carbocycles. The van der Waals surface area contributed by atoms with E-state index < -0.39 is 18.0 Å². The monoisotopic (exact) mass is 332 g/mol. The number of nitrogens with one attached hydrogen (secondary N) is 1. The van der Waals surface area contributed by atoms with Crippen LogP contribution in [0.15, 0.2) is 24.5 Å². The van der Waals surface area contributed by atoms with Gasteiger partial charge in [-0.1, -0.05) is 11.6 Å². The maximum absolute atomic E-state index is 13.6. The highest BCUT2D eigenvalue weighted by Gasteiger charge is 2.35. The summed E-state index contributed by atoms with van der Waals surface area (Å²) in [5, 5.41) is 7.35. The van der Waals surface area contributed by atoms with E-state index >= 15 is 0 Å². The van der Waals surface area contributed by atoms with Crippen LogP contribution in [0, 0.1) is 0 Å². The van der Waals surface area contributed by atoms with Crippen molar-refractivity contribution in [2.45, 2.75) is 19.3 Å². The summed E-state index contributed by atoms with van der Waals surface area (Å²) in [6.45, 7) is 1.12. The second-order valence-electron chi connectivity index (χ2n) is 4.73. The number of H-pyrrole nitrogens is 1. The fraction of sp³-hybridized carbons (Fsp3) is 0.231. The number of imidazole rings is 1. The fourth-order valence-electron chi connectivity index (χ4n) is 2.16. The number of nitrogens with zero attached hydrogens (tertiary/aromatic N) is 3.